The lowest BCUT2D eigenvalue weighted by Gasteiger charge is -2.09. The molecule has 26 heavy (non-hydrogen) atoms. The largest absolute Gasteiger partial charge is 0.465 e. The van der Waals surface area contributed by atoms with Crippen molar-refractivity contribution in [1.29, 1.82) is 0 Å². The summed E-state index contributed by atoms with van der Waals surface area (Å²) < 4.78 is 9.60. The number of esters is 2. The number of carbonyl (C=O) groups is 3. The minimum Gasteiger partial charge on any atom is -0.465 e. The van der Waals surface area contributed by atoms with Crippen molar-refractivity contribution in [2.75, 3.05) is 19.5 Å². The number of rotatable bonds is 6. The van der Waals surface area contributed by atoms with Crippen molar-refractivity contribution in [2.45, 2.75) is 13.5 Å². The molecule has 2 aromatic carbocycles. The van der Waals surface area contributed by atoms with E-state index >= 15 is 0 Å². The van der Waals surface area contributed by atoms with Gasteiger partial charge in [0.2, 0.25) is 0 Å². The molecule has 0 saturated carbocycles. The van der Waals surface area contributed by atoms with Gasteiger partial charge in [-0.25, -0.2) is 9.59 Å². The van der Waals surface area contributed by atoms with Gasteiger partial charge >= 0.3 is 11.9 Å². The predicted molar refractivity (Wildman–Crippen MR) is 95.5 cm³/mol. The molecule has 3 N–H and O–H groups in total. The van der Waals surface area contributed by atoms with E-state index in [0.717, 1.165) is 11.1 Å². The fourth-order valence-electron chi connectivity index (χ4n) is 2.20. The molecular weight excluding hydrogens is 336 g/mol. The van der Waals surface area contributed by atoms with E-state index in [9.17, 15) is 14.4 Å². The van der Waals surface area contributed by atoms with Gasteiger partial charge in [0.05, 0.1) is 18.2 Å². The second-order valence-corrected chi connectivity index (χ2v) is 5.58. The minimum absolute atomic E-state index is 0.233. The average Bonchev–Trinajstić information content (AvgIpc) is 2.66. The first-order valence-electron chi connectivity index (χ1n) is 7.88. The van der Waals surface area contributed by atoms with Crippen molar-refractivity contribution in [3.63, 3.8) is 0 Å². The Morgan fingerprint density at radius 2 is 1.73 bits per heavy atom. The number of anilines is 1. The summed E-state index contributed by atoms with van der Waals surface area (Å²) >= 11 is 0. The van der Waals surface area contributed by atoms with Gasteiger partial charge in [-0.2, -0.15) is 0 Å². The van der Waals surface area contributed by atoms with Crippen LogP contribution in [-0.4, -0.2) is 31.6 Å². The van der Waals surface area contributed by atoms with Crippen LogP contribution in [0.4, 0.5) is 5.69 Å². The Kier molecular flexibility index (Phi) is 6.32. The molecular formula is C19H20N2O5. The molecule has 0 unspecified atom stereocenters. The number of carbonyl (C=O) groups excluding carboxylic acids is 3. The van der Waals surface area contributed by atoms with Crippen LogP contribution in [0.2, 0.25) is 0 Å². The van der Waals surface area contributed by atoms with Crippen molar-refractivity contribution in [1.82, 2.24) is 5.32 Å². The first-order chi connectivity index (χ1) is 12.4. The number of aryl methyl sites for hydroxylation is 1. The number of methoxy groups -OCH3 is 1. The summed E-state index contributed by atoms with van der Waals surface area (Å²) in [4.78, 5) is 35.2. The molecule has 2 rings (SSSR count). The minimum atomic E-state index is -0.649. The van der Waals surface area contributed by atoms with Crippen LogP contribution < -0.4 is 11.1 Å². The summed E-state index contributed by atoms with van der Waals surface area (Å²) in [6.45, 7) is 1.61. The topological polar surface area (TPSA) is 108 Å². The van der Waals surface area contributed by atoms with E-state index in [4.69, 9.17) is 10.5 Å². The normalized spacial score (nSPS) is 10.1. The molecule has 2 aromatic rings. The fraction of sp³-hybridized carbons (Fsp3) is 0.211. The number of nitrogens with one attached hydrogen (secondary N) is 1. The Bertz CT molecular complexity index is 815. The van der Waals surface area contributed by atoms with Gasteiger partial charge in [0.25, 0.3) is 5.91 Å². The molecule has 0 radical (unpaired) electrons. The van der Waals surface area contributed by atoms with Gasteiger partial charge in [-0.1, -0.05) is 24.3 Å². The molecule has 0 bridgehead atoms. The number of benzene rings is 2. The molecule has 0 aliphatic rings. The molecule has 0 atom stereocenters. The van der Waals surface area contributed by atoms with Crippen LogP contribution in [0.25, 0.3) is 0 Å². The zero-order chi connectivity index (χ0) is 19.1. The van der Waals surface area contributed by atoms with Crippen molar-refractivity contribution in [2.24, 2.45) is 0 Å². The van der Waals surface area contributed by atoms with E-state index in [1.807, 2.05) is 0 Å². The maximum atomic E-state index is 12.0. The lowest BCUT2D eigenvalue weighted by Crippen LogP contribution is -2.28. The number of hydrogen-bond acceptors (Lipinski definition) is 6. The lowest BCUT2D eigenvalue weighted by atomic mass is 10.1. The third kappa shape index (κ3) is 4.83. The van der Waals surface area contributed by atoms with E-state index in [-0.39, 0.29) is 12.1 Å². The zero-order valence-corrected chi connectivity index (χ0v) is 14.6. The third-order valence-corrected chi connectivity index (χ3v) is 3.74. The summed E-state index contributed by atoms with van der Waals surface area (Å²) in [5.41, 5.74) is 8.38. The molecule has 1 amide bonds. The maximum Gasteiger partial charge on any atom is 0.340 e. The van der Waals surface area contributed by atoms with Crippen molar-refractivity contribution < 1.29 is 23.9 Å². The van der Waals surface area contributed by atoms with E-state index in [1.54, 1.807) is 49.4 Å². The average molecular weight is 356 g/mol. The maximum absolute atomic E-state index is 12.0. The summed E-state index contributed by atoms with van der Waals surface area (Å²) in [7, 11) is 1.31. The molecule has 0 aromatic heterocycles. The summed E-state index contributed by atoms with van der Waals surface area (Å²) in [6.07, 6.45) is 0. The van der Waals surface area contributed by atoms with Crippen LogP contribution in [0.3, 0.4) is 0 Å². The molecule has 0 spiro atoms. The molecule has 0 saturated heterocycles. The zero-order valence-electron chi connectivity index (χ0n) is 14.6. The highest BCUT2D eigenvalue weighted by Gasteiger charge is 2.14. The predicted octanol–water partition coefficient (Wildman–Crippen LogP) is 1.84. The lowest BCUT2D eigenvalue weighted by molar-refractivity contribution is -0.124. The summed E-state index contributed by atoms with van der Waals surface area (Å²) in [5, 5.41) is 2.63. The van der Waals surface area contributed by atoms with E-state index in [2.05, 4.69) is 10.1 Å². The Hall–Kier alpha value is -3.35. The van der Waals surface area contributed by atoms with Gasteiger partial charge in [-0.05, 0) is 36.2 Å². The molecule has 136 valence electrons. The molecule has 7 heteroatoms. The first-order valence-corrected chi connectivity index (χ1v) is 7.88. The van der Waals surface area contributed by atoms with E-state index < -0.39 is 24.5 Å². The Balaban J connectivity index is 1.82. The van der Waals surface area contributed by atoms with Crippen LogP contribution in [0.1, 0.15) is 31.8 Å². The van der Waals surface area contributed by atoms with E-state index in [0.29, 0.717) is 11.3 Å². The van der Waals surface area contributed by atoms with Gasteiger partial charge < -0.3 is 20.5 Å². The number of para-hydroxylation sites is 1. The summed E-state index contributed by atoms with van der Waals surface area (Å²) in [5.74, 6) is -1.52. The van der Waals surface area contributed by atoms with Crippen LogP contribution in [0.15, 0.2) is 42.5 Å². The van der Waals surface area contributed by atoms with E-state index in [1.165, 1.54) is 7.11 Å². The van der Waals surface area contributed by atoms with Gasteiger partial charge in [-0.3, -0.25) is 4.79 Å². The Morgan fingerprint density at radius 1 is 1.04 bits per heavy atom. The molecule has 0 heterocycles. The van der Waals surface area contributed by atoms with Crippen LogP contribution in [-0.2, 0) is 20.8 Å². The second kappa shape index (κ2) is 8.66. The number of amides is 1. The Morgan fingerprint density at radius 3 is 2.38 bits per heavy atom. The first kappa shape index (κ1) is 19.0. The van der Waals surface area contributed by atoms with Crippen LogP contribution in [0.5, 0.6) is 0 Å². The van der Waals surface area contributed by atoms with Crippen molar-refractivity contribution >= 4 is 23.5 Å². The van der Waals surface area contributed by atoms with Gasteiger partial charge in [-0.15, -0.1) is 0 Å². The summed E-state index contributed by atoms with van der Waals surface area (Å²) in [6, 6.07) is 11.6. The highest BCUT2D eigenvalue weighted by Crippen LogP contribution is 2.17. The number of hydrogen-bond donors (Lipinski definition) is 2. The van der Waals surface area contributed by atoms with Crippen molar-refractivity contribution in [3.05, 3.63) is 64.7 Å². The van der Waals surface area contributed by atoms with Gasteiger partial charge in [0.15, 0.2) is 6.61 Å². The van der Waals surface area contributed by atoms with Gasteiger partial charge in [0, 0.05) is 12.2 Å². The number of nitrogen functional groups attached to an aromatic ring is 1. The number of ether oxygens (including phenoxy) is 2. The van der Waals surface area contributed by atoms with Crippen molar-refractivity contribution in [3.8, 4) is 0 Å². The monoisotopic (exact) mass is 356 g/mol. The van der Waals surface area contributed by atoms with Gasteiger partial charge in [0.1, 0.15) is 0 Å². The SMILES string of the molecule is COC(=O)c1ccc(CNC(=O)COC(=O)c2cccc(C)c2N)cc1. The number of nitrogens with two attached hydrogens (primary N) is 1. The van der Waals surface area contributed by atoms with Crippen LogP contribution in [0, 0.1) is 6.92 Å². The molecule has 0 aliphatic carbocycles. The second-order valence-electron chi connectivity index (χ2n) is 5.58. The molecule has 7 nitrogen and oxygen atoms in total. The van der Waals surface area contributed by atoms with Crippen LogP contribution >= 0.6 is 0 Å². The smallest absolute Gasteiger partial charge is 0.340 e. The standard InChI is InChI=1S/C19H20N2O5/c1-12-4-3-5-15(17(12)20)19(24)26-11-16(22)21-10-13-6-8-14(9-7-13)18(23)25-2/h3-9H,10-11,20H2,1-2H3,(H,21,22). The molecule has 0 aliphatic heterocycles. The quantitative estimate of drug-likeness (QED) is 0.604. The third-order valence-electron chi connectivity index (χ3n) is 3.74. The molecule has 0 fully saturated rings. The fourth-order valence-corrected chi connectivity index (χ4v) is 2.20. The highest BCUT2D eigenvalue weighted by molar-refractivity contribution is 5.96. The Labute approximate surface area is 151 Å². The highest BCUT2D eigenvalue weighted by atomic mass is 16.5.